The first-order valence-electron chi connectivity index (χ1n) is 10.6. The summed E-state index contributed by atoms with van der Waals surface area (Å²) in [6.07, 6.45) is 2.27. The predicted molar refractivity (Wildman–Crippen MR) is 127 cm³/mol. The Morgan fingerprint density at radius 1 is 1.16 bits per heavy atom. The smallest absolute Gasteiger partial charge is 0.257 e. The Balaban J connectivity index is 1.33. The van der Waals surface area contributed by atoms with Crippen LogP contribution in [0.25, 0.3) is 10.2 Å². The minimum absolute atomic E-state index is 0.0582. The molecule has 1 aliphatic rings. The minimum Gasteiger partial charge on any atom is -0.467 e. The van der Waals surface area contributed by atoms with Crippen LogP contribution >= 0.6 is 11.3 Å². The Labute approximate surface area is 190 Å². The van der Waals surface area contributed by atoms with Gasteiger partial charge >= 0.3 is 0 Å². The summed E-state index contributed by atoms with van der Waals surface area (Å²) in [5.74, 6) is 0.690. The van der Waals surface area contributed by atoms with E-state index in [0.717, 1.165) is 32.3 Å². The van der Waals surface area contributed by atoms with E-state index in [9.17, 15) is 4.79 Å². The van der Waals surface area contributed by atoms with E-state index < -0.39 is 0 Å². The van der Waals surface area contributed by atoms with Gasteiger partial charge in [0, 0.05) is 6.42 Å². The fraction of sp³-hybridized carbons (Fsp3) is 0.240. The third kappa shape index (κ3) is 4.22. The number of amides is 1. The molecule has 0 aliphatic carbocycles. The van der Waals surface area contributed by atoms with Crippen LogP contribution < -0.4 is 0 Å². The first-order chi connectivity index (χ1) is 15.6. The molecule has 0 saturated heterocycles. The average molecular weight is 445 g/mol. The third-order valence-corrected chi connectivity index (χ3v) is 6.59. The second-order valence-corrected chi connectivity index (χ2v) is 9.25. The molecule has 1 aliphatic heterocycles. The molecule has 32 heavy (non-hydrogen) atoms. The highest BCUT2D eigenvalue weighted by Gasteiger charge is 2.35. The molecule has 1 atom stereocenters. The number of rotatable bonds is 6. The number of thiazole rings is 1. The maximum atomic E-state index is 13.3. The van der Waals surface area contributed by atoms with Crippen molar-refractivity contribution in [1.82, 2.24) is 14.9 Å². The van der Waals surface area contributed by atoms with E-state index in [0.29, 0.717) is 13.0 Å². The maximum absolute atomic E-state index is 13.3. The number of para-hydroxylation sites is 1. The molecule has 0 unspecified atom stereocenters. The van der Waals surface area contributed by atoms with Crippen LogP contribution in [0, 0.1) is 6.92 Å². The summed E-state index contributed by atoms with van der Waals surface area (Å²) in [5.41, 5.74) is 4.12. The van der Waals surface area contributed by atoms with Crippen LogP contribution in [0.2, 0.25) is 0 Å². The highest BCUT2D eigenvalue weighted by molar-refractivity contribution is 7.18. The molecular weight excluding hydrogens is 420 g/mol. The van der Waals surface area contributed by atoms with Crippen molar-refractivity contribution in [3.63, 3.8) is 0 Å². The summed E-state index contributed by atoms with van der Waals surface area (Å²) in [6, 6.07) is 19.9. The lowest BCUT2D eigenvalue weighted by atomic mass is 10.0. The molecule has 0 bridgehead atoms. The lowest BCUT2D eigenvalue weighted by Crippen LogP contribution is -2.36. The van der Waals surface area contributed by atoms with E-state index in [1.54, 1.807) is 22.6 Å². The van der Waals surface area contributed by atoms with Crippen LogP contribution in [0.3, 0.4) is 0 Å². The van der Waals surface area contributed by atoms with Crippen LogP contribution in [-0.2, 0) is 11.3 Å². The zero-order valence-corrected chi connectivity index (χ0v) is 18.9. The Morgan fingerprint density at radius 2 is 1.97 bits per heavy atom. The van der Waals surface area contributed by atoms with E-state index in [1.165, 1.54) is 5.56 Å². The van der Waals surface area contributed by atoms with Gasteiger partial charge in [0.05, 0.1) is 35.3 Å². The molecule has 1 amide bonds. The molecule has 3 heterocycles. The predicted octanol–water partition coefficient (Wildman–Crippen LogP) is 5.01. The zero-order valence-electron chi connectivity index (χ0n) is 18.1. The number of hydrazone groups is 1. The maximum Gasteiger partial charge on any atom is 0.257 e. The normalized spacial score (nSPS) is 16.2. The number of furan rings is 1. The van der Waals surface area contributed by atoms with Crippen molar-refractivity contribution >= 4 is 33.2 Å². The highest BCUT2D eigenvalue weighted by atomic mass is 32.1. The van der Waals surface area contributed by atoms with Crippen LogP contribution in [0.5, 0.6) is 0 Å². The zero-order chi connectivity index (χ0) is 22.1. The van der Waals surface area contributed by atoms with Crippen LogP contribution in [-0.4, -0.2) is 40.1 Å². The standard InChI is InChI=1S/C25H24N4O2S/c1-17-9-11-18(12-10-17)20-14-21(22-7-5-13-31-22)29(27-20)25(30)16-28(2)15-24-26-19-6-3-4-8-23(19)32-24/h3-13,21H,14-16H2,1-2H3/t21-/m1/s1. The fourth-order valence-electron chi connectivity index (χ4n) is 3.94. The van der Waals surface area contributed by atoms with Gasteiger partial charge in [0.2, 0.25) is 0 Å². The van der Waals surface area contributed by atoms with Crippen molar-refractivity contribution in [2.75, 3.05) is 13.6 Å². The van der Waals surface area contributed by atoms with Gasteiger partial charge in [-0.05, 0) is 43.8 Å². The van der Waals surface area contributed by atoms with Crippen molar-refractivity contribution in [1.29, 1.82) is 0 Å². The van der Waals surface area contributed by atoms with Gasteiger partial charge in [-0.25, -0.2) is 9.99 Å². The molecule has 0 N–H and O–H groups in total. The van der Waals surface area contributed by atoms with Crippen LogP contribution in [0.1, 0.15) is 34.4 Å². The molecule has 162 valence electrons. The summed E-state index contributed by atoms with van der Waals surface area (Å²) in [6.45, 7) is 2.92. The molecule has 2 aromatic carbocycles. The van der Waals surface area contributed by atoms with E-state index in [2.05, 4.69) is 42.2 Å². The van der Waals surface area contributed by atoms with Gasteiger partial charge in [-0.2, -0.15) is 5.10 Å². The number of carbonyl (C=O) groups is 1. The first kappa shape index (κ1) is 20.6. The summed E-state index contributed by atoms with van der Waals surface area (Å²) < 4.78 is 6.81. The van der Waals surface area contributed by atoms with Gasteiger partial charge in [-0.1, -0.05) is 42.0 Å². The van der Waals surface area contributed by atoms with Crippen LogP contribution in [0.15, 0.2) is 76.4 Å². The van der Waals surface area contributed by atoms with Crippen molar-refractivity contribution < 1.29 is 9.21 Å². The number of hydrogen-bond donors (Lipinski definition) is 0. The molecule has 0 radical (unpaired) electrons. The summed E-state index contributed by atoms with van der Waals surface area (Å²) in [5, 5.41) is 7.30. The number of fused-ring (bicyclic) bond motifs is 1. The molecular formula is C25H24N4O2S. The van der Waals surface area contributed by atoms with Gasteiger partial charge in [-0.3, -0.25) is 9.69 Å². The van der Waals surface area contributed by atoms with Gasteiger partial charge in [0.1, 0.15) is 16.8 Å². The average Bonchev–Trinajstić information content (AvgIpc) is 3.52. The number of likely N-dealkylation sites (N-methyl/N-ethyl adjacent to an activating group) is 1. The lowest BCUT2D eigenvalue weighted by molar-refractivity contribution is -0.134. The second-order valence-electron chi connectivity index (χ2n) is 8.13. The lowest BCUT2D eigenvalue weighted by Gasteiger charge is -2.22. The molecule has 0 saturated carbocycles. The largest absolute Gasteiger partial charge is 0.467 e. The Morgan fingerprint density at radius 3 is 2.72 bits per heavy atom. The Bertz CT molecular complexity index is 1230. The number of hydrogen-bond acceptors (Lipinski definition) is 6. The molecule has 0 spiro atoms. The number of aromatic nitrogens is 1. The van der Waals surface area contributed by atoms with Gasteiger partial charge < -0.3 is 4.42 Å². The molecule has 0 fully saturated rings. The molecule has 4 aromatic rings. The SMILES string of the molecule is Cc1ccc(C2=NN(C(=O)CN(C)Cc3nc4ccccc4s3)[C@@H](c3ccco3)C2)cc1. The third-order valence-electron chi connectivity index (χ3n) is 5.57. The minimum atomic E-state index is -0.232. The molecule has 7 heteroatoms. The van der Waals surface area contributed by atoms with Crippen molar-refractivity contribution in [3.05, 3.63) is 88.8 Å². The van der Waals surface area contributed by atoms with Crippen LogP contribution in [0.4, 0.5) is 0 Å². The number of nitrogens with zero attached hydrogens (tertiary/aromatic N) is 4. The van der Waals surface area contributed by atoms with Crippen molar-refractivity contribution in [3.8, 4) is 0 Å². The Kier molecular flexibility index (Phi) is 5.59. The van der Waals surface area contributed by atoms with Gasteiger partial charge in [0.15, 0.2) is 0 Å². The monoisotopic (exact) mass is 444 g/mol. The van der Waals surface area contributed by atoms with E-state index >= 15 is 0 Å². The van der Waals surface area contributed by atoms with E-state index in [4.69, 9.17) is 9.52 Å². The number of aryl methyl sites for hydroxylation is 1. The summed E-state index contributed by atoms with van der Waals surface area (Å²) >= 11 is 1.66. The van der Waals surface area contributed by atoms with E-state index in [1.807, 2.05) is 42.3 Å². The second kappa shape index (κ2) is 8.68. The van der Waals surface area contributed by atoms with Crippen molar-refractivity contribution in [2.24, 2.45) is 5.10 Å². The molecule has 6 nitrogen and oxygen atoms in total. The summed E-state index contributed by atoms with van der Waals surface area (Å²) in [7, 11) is 1.94. The topological polar surface area (TPSA) is 61.9 Å². The summed E-state index contributed by atoms with van der Waals surface area (Å²) in [4.78, 5) is 19.9. The van der Waals surface area contributed by atoms with Gasteiger partial charge in [0.25, 0.3) is 5.91 Å². The molecule has 2 aromatic heterocycles. The fourth-order valence-corrected chi connectivity index (χ4v) is 4.99. The quantitative estimate of drug-likeness (QED) is 0.420. The van der Waals surface area contributed by atoms with Crippen molar-refractivity contribution in [2.45, 2.75) is 25.9 Å². The molecule has 5 rings (SSSR count). The van der Waals surface area contributed by atoms with Gasteiger partial charge in [-0.15, -0.1) is 11.3 Å². The Hall–Kier alpha value is -3.29. The van der Waals surface area contributed by atoms with E-state index in [-0.39, 0.29) is 18.5 Å². The first-order valence-corrected chi connectivity index (χ1v) is 11.4. The number of benzene rings is 2. The number of carbonyl (C=O) groups excluding carboxylic acids is 1. The highest BCUT2D eigenvalue weighted by Crippen LogP contribution is 2.33.